The number of carbonyl (C=O) groups excluding carboxylic acids is 1. The third-order valence-electron chi connectivity index (χ3n) is 3.06. The molecular formula is C14H12N2O5S. The second-order valence-corrected chi connectivity index (χ2v) is 6.54. The number of rotatable bonds is 4. The van der Waals surface area contributed by atoms with Gasteiger partial charge in [0.05, 0.1) is 9.82 Å². The fourth-order valence-electron chi connectivity index (χ4n) is 1.88. The van der Waals surface area contributed by atoms with Gasteiger partial charge in [0.15, 0.2) is 0 Å². The maximum atomic E-state index is 12.5. The molecule has 7 nitrogen and oxygen atoms in total. The number of sulfone groups is 1. The van der Waals surface area contributed by atoms with Crippen LogP contribution in [0, 0.1) is 17.0 Å². The molecule has 0 aliphatic carbocycles. The fourth-order valence-corrected chi connectivity index (χ4v) is 3.29. The number of hydrogen-bond acceptors (Lipinski definition) is 5. The summed E-state index contributed by atoms with van der Waals surface area (Å²) >= 11 is 0. The van der Waals surface area contributed by atoms with E-state index >= 15 is 0 Å². The molecule has 0 aliphatic heterocycles. The van der Waals surface area contributed by atoms with Gasteiger partial charge in [-0.1, -0.05) is 17.7 Å². The van der Waals surface area contributed by atoms with Crippen LogP contribution >= 0.6 is 0 Å². The Morgan fingerprint density at radius 1 is 1.14 bits per heavy atom. The van der Waals surface area contributed by atoms with Crippen molar-refractivity contribution in [3.63, 3.8) is 0 Å². The van der Waals surface area contributed by atoms with Gasteiger partial charge in [-0.15, -0.1) is 0 Å². The van der Waals surface area contributed by atoms with Gasteiger partial charge in [-0.05, 0) is 31.2 Å². The topological polar surface area (TPSA) is 120 Å². The van der Waals surface area contributed by atoms with Gasteiger partial charge in [0.2, 0.25) is 15.7 Å². The second kappa shape index (κ2) is 5.57. The van der Waals surface area contributed by atoms with Crippen LogP contribution in [0.15, 0.2) is 52.3 Å². The number of carbonyl (C=O) groups is 1. The normalized spacial score (nSPS) is 11.1. The summed E-state index contributed by atoms with van der Waals surface area (Å²) in [5.41, 5.74) is 5.10. The van der Waals surface area contributed by atoms with Gasteiger partial charge in [-0.3, -0.25) is 14.9 Å². The van der Waals surface area contributed by atoms with E-state index in [1.54, 1.807) is 19.1 Å². The van der Waals surface area contributed by atoms with Crippen molar-refractivity contribution in [2.24, 2.45) is 5.73 Å². The highest BCUT2D eigenvalue weighted by atomic mass is 32.2. The average Bonchev–Trinajstić information content (AvgIpc) is 2.46. The standard InChI is InChI=1S/C14H12N2O5S/c1-9-2-5-11(6-3-9)22(20,21)13-7-4-10(14(15)17)8-12(13)16(18)19/h2-8H,1H3,(H2,15,17). The molecule has 2 aromatic carbocycles. The van der Waals surface area contributed by atoms with Crippen LogP contribution in [0.4, 0.5) is 5.69 Å². The lowest BCUT2D eigenvalue weighted by Gasteiger charge is -2.07. The molecule has 8 heteroatoms. The molecule has 0 atom stereocenters. The molecule has 2 N–H and O–H groups in total. The summed E-state index contributed by atoms with van der Waals surface area (Å²) in [4.78, 5) is 20.8. The minimum atomic E-state index is -4.07. The summed E-state index contributed by atoms with van der Waals surface area (Å²) in [6.07, 6.45) is 0. The zero-order valence-electron chi connectivity index (χ0n) is 11.5. The Balaban J connectivity index is 2.67. The lowest BCUT2D eigenvalue weighted by Crippen LogP contribution is -2.13. The Kier molecular flexibility index (Phi) is 3.96. The van der Waals surface area contributed by atoms with Gasteiger partial charge in [-0.2, -0.15) is 0 Å². The number of nitrogens with two attached hydrogens (primary N) is 1. The van der Waals surface area contributed by atoms with Crippen molar-refractivity contribution in [3.05, 3.63) is 63.7 Å². The molecule has 0 spiro atoms. The molecule has 0 bridgehead atoms. The largest absolute Gasteiger partial charge is 0.366 e. The molecule has 0 fully saturated rings. The molecule has 0 aliphatic rings. The van der Waals surface area contributed by atoms with Gasteiger partial charge < -0.3 is 5.73 Å². The summed E-state index contributed by atoms with van der Waals surface area (Å²) < 4.78 is 25.1. The van der Waals surface area contributed by atoms with Gasteiger partial charge in [-0.25, -0.2) is 8.42 Å². The van der Waals surface area contributed by atoms with Gasteiger partial charge in [0.1, 0.15) is 4.90 Å². The second-order valence-electron chi connectivity index (χ2n) is 4.62. The molecule has 0 unspecified atom stereocenters. The van der Waals surface area contributed by atoms with Crippen LogP contribution in [0.2, 0.25) is 0 Å². The summed E-state index contributed by atoms with van der Waals surface area (Å²) in [6, 6.07) is 8.97. The number of aryl methyl sites for hydroxylation is 1. The predicted octanol–water partition coefficient (Wildman–Crippen LogP) is 1.83. The lowest BCUT2D eigenvalue weighted by atomic mass is 10.2. The zero-order chi connectivity index (χ0) is 16.5. The Hall–Kier alpha value is -2.74. The molecular weight excluding hydrogens is 308 g/mol. The highest BCUT2D eigenvalue weighted by Crippen LogP contribution is 2.30. The number of hydrogen-bond donors (Lipinski definition) is 1. The molecule has 0 heterocycles. The van der Waals surface area contributed by atoms with Gasteiger partial charge >= 0.3 is 0 Å². The number of nitro benzene ring substituents is 1. The SMILES string of the molecule is Cc1ccc(S(=O)(=O)c2ccc(C(N)=O)cc2[N+](=O)[O-])cc1. The van der Waals surface area contributed by atoms with Crippen LogP contribution in [-0.4, -0.2) is 19.2 Å². The van der Waals surface area contributed by atoms with Crippen molar-refractivity contribution in [1.29, 1.82) is 0 Å². The first-order chi connectivity index (χ1) is 10.2. The maximum absolute atomic E-state index is 12.5. The first-order valence-corrected chi connectivity index (χ1v) is 7.62. The Morgan fingerprint density at radius 2 is 1.73 bits per heavy atom. The third-order valence-corrected chi connectivity index (χ3v) is 4.88. The third kappa shape index (κ3) is 2.82. The number of amides is 1. The Labute approximate surface area is 126 Å². The lowest BCUT2D eigenvalue weighted by molar-refractivity contribution is -0.387. The van der Waals surface area contributed by atoms with E-state index in [4.69, 9.17) is 5.73 Å². The maximum Gasteiger partial charge on any atom is 0.289 e. The minimum Gasteiger partial charge on any atom is -0.366 e. The molecule has 22 heavy (non-hydrogen) atoms. The average molecular weight is 320 g/mol. The monoisotopic (exact) mass is 320 g/mol. The number of primary amides is 1. The predicted molar refractivity (Wildman–Crippen MR) is 78.2 cm³/mol. The molecule has 0 radical (unpaired) electrons. The van der Waals surface area contributed by atoms with E-state index in [0.29, 0.717) is 0 Å². The van der Waals surface area contributed by atoms with E-state index < -0.39 is 31.3 Å². The van der Waals surface area contributed by atoms with Crippen molar-refractivity contribution >= 4 is 21.4 Å². The number of nitrogens with zero attached hydrogens (tertiary/aromatic N) is 1. The van der Waals surface area contributed by atoms with Crippen LogP contribution in [0.5, 0.6) is 0 Å². The minimum absolute atomic E-state index is 0.0620. The zero-order valence-corrected chi connectivity index (χ0v) is 12.3. The van der Waals surface area contributed by atoms with Crippen molar-refractivity contribution in [2.45, 2.75) is 16.7 Å². The van der Waals surface area contributed by atoms with Crippen LogP contribution in [0.3, 0.4) is 0 Å². The molecule has 2 rings (SSSR count). The quantitative estimate of drug-likeness (QED) is 0.680. The van der Waals surface area contributed by atoms with E-state index in [2.05, 4.69) is 0 Å². The van der Waals surface area contributed by atoms with Crippen LogP contribution < -0.4 is 5.73 Å². The van der Waals surface area contributed by atoms with Crippen molar-refractivity contribution in [2.75, 3.05) is 0 Å². The van der Waals surface area contributed by atoms with E-state index in [9.17, 15) is 23.3 Å². The van der Waals surface area contributed by atoms with Crippen molar-refractivity contribution in [1.82, 2.24) is 0 Å². The number of nitro groups is 1. The summed E-state index contributed by atoms with van der Waals surface area (Å²) in [5, 5.41) is 11.1. The van der Waals surface area contributed by atoms with E-state index in [0.717, 1.165) is 23.8 Å². The Morgan fingerprint density at radius 3 is 2.23 bits per heavy atom. The van der Waals surface area contributed by atoms with E-state index in [-0.39, 0.29) is 10.5 Å². The van der Waals surface area contributed by atoms with Crippen LogP contribution in [0.1, 0.15) is 15.9 Å². The molecule has 0 saturated heterocycles. The van der Waals surface area contributed by atoms with Gasteiger partial charge in [0.25, 0.3) is 5.69 Å². The first kappa shape index (κ1) is 15.6. The van der Waals surface area contributed by atoms with Crippen LogP contribution in [-0.2, 0) is 9.84 Å². The van der Waals surface area contributed by atoms with Crippen molar-refractivity contribution < 1.29 is 18.1 Å². The van der Waals surface area contributed by atoms with E-state index in [1.807, 2.05) is 0 Å². The van der Waals surface area contributed by atoms with Crippen LogP contribution in [0.25, 0.3) is 0 Å². The molecule has 114 valence electrons. The van der Waals surface area contributed by atoms with Crippen molar-refractivity contribution in [3.8, 4) is 0 Å². The smallest absolute Gasteiger partial charge is 0.289 e. The fraction of sp³-hybridized carbons (Fsp3) is 0.0714. The molecule has 2 aromatic rings. The van der Waals surface area contributed by atoms with Gasteiger partial charge in [0, 0.05) is 11.6 Å². The first-order valence-electron chi connectivity index (χ1n) is 6.13. The molecule has 0 saturated carbocycles. The summed E-state index contributed by atoms with van der Waals surface area (Å²) in [5.74, 6) is -0.873. The number of benzene rings is 2. The highest BCUT2D eigenvalue weighted by Gasteiger charge is 2.28. The van der Waals surface area contributed by atoms with E-state index in [1.165, 1.54) is 12.1 Å². The summed E-state index contributed by atoms with van der Waals surface area (Å²) in [6.45, 7) is 1.79. The molecule has 1 amide bonds. The summed E-state index contributed by atoms with van der Waals surface area (Å²) in [7, 11) is -4.07. The molecule has 0 aromatic heterocycles. The highest BCUT2D eigenvalue weighted by molar-refractivity contribution is 7.91. The Bertz CT molecular complexity index is 857.